The fourth-order valence-corrected chi connectivity index (χ4v) is 6.58. The minimum Gasteiger partial charge on any atom is -0.354 e. The van der Waals surface area contributed by atoms with Crippen LogP contribution in [0.15, 0.2) is 0 Å². The Balaban J connectivity index is 1.32. The number of nitrogens with one attached hydrogen (secondary N) is 2. The summed E-state index contributed by atoms with van der Waals surface area (Å²) >= 11 is 0. The third kappa shape index (κ3) is 3.47. The topological polar surface area (TPSA) is 78.5 Å². The van der Waals surface area contributed by atoms with Gasteiger partial charge in [-0.3, -0.25) is 14.5 Å². The zero-order valence-electron chi connectivity index (χ0n) is 16.7. The molecule has 5 aliphatic rings. The lowest BCUT2D eigenvalue weighted by Gasteiger charge is -2.56. The van der Waals surface area contributed by atoms with Gasteiger partial charge in [0, 0.05) is 6.54 Å². The molecule has 6 nitrogen and oxygen atoms in total. The maximum Gasteiger partial charge on any atom is 0.325 e. The molecule has 6 heteroatoms. The van der Waals surface area contributed by atoms with Crippen molar-refractivity contribution >= 4 is 17.8 Å². The van der Waals surface area contributed by atoms with Gasteiger partial charge in [-0.15, -0.1) is 0 Å². The Morgan fingerprint density at radius 1 is 1.15 bits per heavy atom. The van der Waals surface area contributed by atoms with Gasteiger partial charge in [0.05, 0.1) is 0 Å². The Kier molecular flexibility index (Phi) is 4.71. The molecule has 2 N–H and O–H groups in total. The maximum absolute atomic E-state index is 12.7. The molecule has 0 aromatic heterocycles. The molecule has 5 rings (SSSR count). The Labute approximate surface area is 161 Å². The van der Waals surface area contributed by atoms with Crippen molar-refractivity contribution in [3.63, 3.8) is 0 Å². The first-order chi connectivity index (χ1) is 12.8. The molecule has 0 unspecified atom stereocenters. The van der Waals surface area contributed by atoms with E-state index in [4.69, 9.17) is 0 Å². The van der Waals surface area contributed by atoms with E-state index in [9.17, 15) is 14.4 Å². The lowest BCUT2D eigenvalue weighted by Crippen LogP contribution is -2.52. The SMILES string of the molecule is CCCC[C@@]1(C)NC(=O)N(CC(=O)NCC23CC4CC(CC(C4)C2)C3)C1=O. The number of carbonyl (C=O) groups is 3. The van der Waals surface area contributed by atoms with Gasteiger partial charge in [0.15, 0.2) is 0 Å². The van der Waals surface area contributed by atoms with E-state index in [1.54, 1.807) is 6.92 Å². The molecule has 0 aromatic carbocycles. The summed E-state index contributed by atoms with van der Waals surface area (Å²) in [5.41, 5.74) is -0.607. The van der Waals surface area contributed by atoms with E-state index in [1.165, 1.54) is 38.5 Å². The Morgan fingerprint density at radius 3 is 2.30 bits per heavy atom. The number of rotatable bonds is 7. The number of amides is 4. The number of nitrogens with zero attached hydrogens (tertiary/aromatic N) is 1. The molecule has 1 atom stereocenters. The highest BCUT2D eigenvalue weighted by Crippen LogP contribution is 2.59. The van der Waals surface area contributed by atoms with Crippen LogP contribution in [0.2, 0.25) is 0 Å². The van der Waals surface area contributed by atoms with E-state index in [2.05, 4.69) is 17.6 Å². The van der Waals surface area contributed by atoms with Gasteiger partial charge in [-0.25, -0.2) is 4.79 Å². The lowest BCUT2D eigenvalue weighted by atomic mass is 9.49. The first-order valence-electron chi connectivity index (χ1n) is 10.7. The van der Waals surface area contributed by atoms with E-state index in [0.29, 0.717) is 13.0 Å². The van der Waals surface area contributed by atoms with Crippen molar-refractivity contribution in [1.82, 2.24) is 15.5 Å². The molecule has 150 valence electrons. The average Bonchev–Trinajstić information content (AvgIpc) is 2.81. The summed E-state index contributed by atoms with van der Waals surface area (Å²) in [6, 6.07) is -0.441. The molecule has 0 aromatic rings. The van der Waals surface area contributed by atoms with Gasteiger partial charge in [-0.2, -0.15) is 0 Å². The van der Waals surface area contributed by atoms with Gasteiger partial charge in [-0.05, 0) is 75.0 Å². The molecule has 0 spiro atoms. The van der Waals surface area contributed by atoms with Crippen LogP contribution in [0.3, 0.4) is 0 Å². The van der Waals surface area contributed by atoms with Gasteiger partial charge in [0.25, 0.3) is 5.91 Å². The number of hydrogen-bond donors (Lipinski definition) is 2. The first-order valence-corrected chi connectivity index (χ1v) is 10.7. The molecular weight excluding hydrogens is 342 g/mol. The summed E-state index contributed by atoms with van der Waals surface area (Å²) in [7, 11) is 0. The summed E-state index contributed by atoms with van der Waals surface area (Å²) in [6.07, 6.45) is 10.3. The smallest absolute Gasteiger partial charge is 0.325 e. The van der Waals surface area contributed by atoms with Crippen molar-refractivity contribution in [2.24, 2.45) is 23.2 Å². The normalized spacial score (nSPS) is 39.8. The second-order valence-electron chi connectivity index (χ2n) is 9.95. The van der Waals surface area contributed by atoms with Crippen molar-refractivity contribution in [2.75, 3.05) is 13.1 Å². The van der Waals surface area contributed by atoms with Crippen molar-refractivity contribution < 1.29 is 14.4 Å². The van der Waals surface area contributed by atoms with Crippen molar-refractivity contribution in [2.45, 2.75) is 77.2 Å². The number of unbranched alkanes of at least 4 members (excludes halogenated alkanes) is 1. The molecular formula is C21H33N3O3. The van der Waals surface area contributed by atoms with Crippen molar-refractivity contribution in [3.8, 4) is 0 Å². The van der Waals surface area contributed by atoms with Crippen LogP contribution in [0.1, 0.15) is 71.6 Å². The van der Waals surface area contributed by atoms with Crippen molar-refractivity contribution in [3.05, 3.63) is 0 Å². The minimum absolute atomic E-state index is 0.168. The molecule has 4 bridgehead atoms. The third-order valence-electron chi connectivity index (χ3n) is 7.50. The quantitative estimate of drug-likeness (QED) is 0.672. The zero-order valence-corrected chi connectivity index (χ0v) is 16.7. The average molecular weight is 376 g/mol. The van der Waals surface area contributed by atoms with E-state index in [1.807, 2.05) is 0 Å². The van der Waals surface area contributed by atoms with E-state index < -0.39 is 11.6 Å². The van der Waals surface area contributed by atoms with Gasteiger partial charge in [-0.1, -0.05) is 19.8 Å². The van der Waals surface area contributed by atoms with Crippen LogP contribution in [0.25, 0.3) is 0 Å². The second-order valence-corrected chi connectivity index (χ2v) is 9.95. The van der Waals surface area contributed by atoms with Gasteiger partial charge in [0.1, 0.15) is 12.1 Å². The summed E-state index contributed by atoms with van der Waals surface area (Å²) < 4.78 is 0. The lowest BCUT2D eigenvalue weighted by molar-refractivity contribution is -0.135. The van der Waals surface area contributed by atoms with Crippen LogP contribution in [0.5, 0.6) is 0 Å². The molecule has 1 saturated heterocycles. The monoisotopic (exact) mass is 375 g/mol. The molecule has 4 saturated carbocycles. The minimum atomic E-state index is -0.868. The summed E-state index contributed by atoms with van der Waals surface area (Å²) in [4.78, 5) is 38.5. The van der Waals surface area contributed by atoms with Gasteiger partial charge >= 0.3 is 6.03 Å². The van der Waals surface area contributed by atoms with Crippen LogP contribution >= 0.6 is 0 Å². The second kappa shape index (κ2) is 6.78. The standard InChI is InChI=1S/C21H33N3O3/c1-3-4-5-20(2)18(26)24(19(27)23-20)12-17(25)22-13-21-9-14-6-15(10-21)8-16(7-14)11-21/h14-16H,3-13H2,1-2H3,(H,22,25)(H,23,27)/t14?,15?,16?,20-,21?/m1/s1. The Morgan fingerprint density at radius 2 is 1.74 bits per heavy atom. The molecule has 4 aliphatic carbocycles. The van der Waals surface area contributed by atoms with E-state index in [0.717, 1.165) is 35.5 Å². The number of urea groups is 1. The molecule has 1 heterocycles. The fraction of sp³-hybridized carbons (Fsp3) is 0.857. The highest BCUT2D eigenvalue weighted by atomic mass is 16.2. The zero-order chi connectivity index (χ0) is 19.2. The van der Waals surface area contributed by atoms with Gasteiger partial charge < -0.3 is 10.6 Å². The maximum atomic E-state index is 12.7. The van der Waals surface area contributed by atoms with Crippen LogP contribution in [-0.4, -0.2) is 41.4 Å². The highest BCUT2D eigenvalue weighted by Gasteiger charge is 2.51. The predicted molar refractivity (Wildman–Crippen MR) is 102 cm³/mol. The summed E-state index contributed by atoms with van der Waals surface area (Å²) in [5.74, 6) is 2.05. The molecule has 1 aliphatic heterocycles. The number of carbonyl (C=O) groups excluding carboxylic acids is 3. The summed E-state index contributed by atoms with van der Waals surface area (Å²) in [5, 5.41) is 5.84. The summed E-state index contributed by atoms with van der Waals surface area (Å²) in [6.45, 7) is 4.35. The number of imide groups is 1. The van der Waals surface area contributed by atoms with Crippen LogP contribution in [0, 0.1) is 23.2 Å². The third-order valence-corrected chi connectivity index (χ3v) is 7.50. The molecule has 4 amide bonds. The predicted octanol–water partition coefficient (Wildman–Crippen LogP) is 2.82. The van der Waals surface area contributed by atoms with E-state index in [-0.39, 0.29) is 23.8 Å². The molecule has 5 fully saturated rings. The fourth-order valence-electron chi connectivity index (χ4n) is 6.58. The van der Waals surface area contributed by atoms with Crippen LogP contribution in [-0.2, 0) is 9.59 Å². The molecule has 0 radical (unpaired) electrons. The van der Waals surface area contributed by atoms with Gasteiger partial charge in [0.2, 0.25) is 5.91 Å². The first kappa shape index (κ1) is 18.8. The van der Waals surface area contributed by atoms with E-state index >= 15 is 0 Å². The Bertz CT molecular complexity index is 611. The number of hydrogen-bond acceptors (Lipinski definition) is 3. The van der Waals surface area contributed by atoms with Crippen LogP contribution < -0.4 is 10.6 Å². The van der Waals surface area contributed by atoms with Crippen molar-refractivity contribution in [1.29, 1.82) is 0 Å². The van der Waals surface area contributed by atoms with Crippen LogP contribution in [0.4, 0.5) is 4.79 Å². The molecule has 27 heavy (non-hydrogen) atoms. The Hall–Kier alpha value is -1.59. The highest BCUT2D eigenvalue weighted by molar-refractivity contribution is 6.08. The largest absolute Gasteiger partial charge is 0.354 e.